The monoisotopic (exact) mass is 626 g/mol. The number of cyclic esters (lactones) is 1. The predicted molar refractivity (Wildman–Crippen MR) is 170 cm³/mol. The molecule has 244 valence electrons. The van der Waals surface area contributed by atoms with E-state index in [9.17, 15) is 14.4 Å². The molecular formula is C36H54O7Si. The number of allylic oxidation sites excluding steroid dienone is 1. The predicted octanol–water partition coefficient (Wildman–Crippen LogP) is 6.95. The molecule has 7 nitrogen and oxygen atoms in total. The van der Waals surface area contributed by atoms with Gasteiger partial charge >= 0.3 is 11.9 Å². The van der Waals surface area contributed by atoms with E-state index in [2.05, 4.69) is 61.6 Å². The zero-order valence-electron chi connectivity index (χ0n) is 28.6. The van der Waals surface area contributed by atoms with Gasteiger partial charge in [0.15, 0.2) is 20.2 Å². The van der Waals surface area contributed by atoms with Crippen molar-refractivity contribution in [1.82, 2.24) is 0 Å². The average Bonchev–Trinajstić information content (AvgIpc) is 3.54. The van der Waals surface area contributed by atoms with E-state index in [1.807, 2.05) is 0 Å². The highest BCUT2D eigenvalue weighted by atomic mass is 28.4. The average molecular weight is 627 g/mol. The fraction of sp³-hybridized carbons (Fsp3) is 0.806. The Kier molecular flexibility index (Phi) is 7.58. The molecule has 5 unspecified atom stereocenters. The molecule has 0 aromatic carbocycles. The molecule has 4 aliphatic carbocycles. The Morgan fingerprint density at radius 3 is 2.48 bits per heavy atom. The summed E-state index contributed by atoms with van der Waals surface area (Å²) in [5, 5.41) is 0.0818. The Bertz CT molecular complexity index is 1310. The minimum atomic E-state index is -1.98. The van der Waals surface area contributed by atoms with Crippen LogP contribution >= 0.6 is 0 Å². The second kappa shape index (κ2) is 10.4. The summed E-state index contributed by atoms with van der Waals surface area (Å²) in [7, 11) is -1.98. The van der Waals surface area contributed by atoms with E-state index in [0.717, 1.165) is 44.1 Å². The molecule has 0 N–H and O–H groups in total. The molecule has 11 atom stereocenters. The summed E-state index contributed by atoms with van der Waals surface area (Å²) in [4.78, 5) is 39.0. The van der Waals surface area contributed by atoms with Crippen LogP contribution in [0.1, 0.15) is 93.9 Å². The molecule has 0 bridgehead atoms. The topological polar surface area (TPSA) is 91.4 Å². The number of rotatable bonds is 6. The highest BCUT2D eigenvalue weighted by Crippen LogP contribution is 2.73. The maximum atomic E-state index is 13.7. The largest absolute Gasteiger partial charge is 0.458 e. The first-order valence-electron chi connectivity index (χ1n) is 17.0. The Hall–Kier alpha value is -1.77. The number of ether oxygens (including phenoxy) is 3. The first kappa shape index (κ1) is 32.2. The molecule has 6 aliphatic rings. The van der Waals surface area contributed by atoms with Crippen molar-refractivity contribution in [3.05, 3.63) is 23.3 Å². The number of esters is 2. The quantitative estimate of drug-likeness (QED) is 0.179. The van der Waals surface area contributed by atoms with E-state index in [4.69, 9.17) is 18.6 Å². The van der Waals surface area contributed by atoms with Gasteiger partial charge in [0.25, 0.3) is 0 Å². The van der Waals surface area contributed by atoms with Crippen LogP contribution in [0.5, 0.6) is 0 Å². The smallest absolute Gasteiger partial charge is 0.336 e. The van der Waals surface area contributed by atoms with E-state index in [-0.39, 0.29) is 52.2 Å². The third-order valence-corrected chi connectivity index (χ3v) is 18.6. The Morgan fingerprint density at radius 1 is 1.14 bits per heavy atom. The van der Waals surface area contributed by atoms with Crippen molar-refractivity contribution < 1.29 is 33.0 Å². The van der Waals surface area contributed by atoms with Crippen LogP contribution in [0, 0.1) is 40.4 Å². The zero-order chi connectivity index (χ0) is 32.2. The highest BCUT2D eigenvalue weighted by Gasteiger charge is 2.81. The summed E-state index contributed by atoms with van der Waals surface area (Å²) in [6.07, 6.45) is 8.61. The van der Waals surface area contributed by atoms with Crippen LogP contribution in [-0.2, 0) is 33.0 Å². The molecule has 1 saturated heterocycles. The summed E-state index contributed by atoms with van der Waals surface area (Å²) in [5.74, 6) is 1.34. The van der Waals surface area contributed by atoms with Gasteiger partial charge in [-0.2, -0.15) is 0 Å². The minimum absolute atomic E-state index is 0.0649. The lowest BCUT2D eigenvalue weighted by molar-refractivity contribution is -0.166. The van der Waals surface area contributed by atoms with Gasteiger partial charge < -0.3 is 18.6 Å². The number of carbonyl (C=O) groups excluding carboxylic acids is 3. The van der Waals surface area contributed by atoms with Gasteiger partial charge in [0.2, 0.25) is 0 Å². The summed E-state index contributed by atoms with van der Waals surface area (Å²) in [6.45, 7) is 21.8. The van der Waals surface area contributed by atoms with Crippen LogP contribution in [0.3, 0.4) is 0 Å². The molecule has 1 spiro atoms. The van der Waals surface area contributed by atoms with Gasteiger partial charge in [-0.05, 0) is 111 Å². The van der Waals surface area contributed by atoms with E-state index in [0.29, 0.717) is 29.9 Å². The standard InChI is InChI=1S/C36H54O7Si/c1-20-17-28(42-32(39)24(20)19-40-44(9,10)33(4,5)6)21(2)25-11-12-26-23-18-31-36(43-31)30(41-22(3)37)14-13-29(38)35(36,8)27(23)15-16-34(25,26)7/h13-14,21,23,25-28,30-31H,11-12,15-19H2,1-10H3/t21-,23?,25?,26?,27?,28?,30+,31+,34+,35-,36+/m0/s1. The fourth-order valence-corrected chi connectivity index (χ4v) is 11.4. The fourth-order valence-electron chi connectivity index (χ4n) is 10.4. The van der Waals surface area contributed by atoms with Crippen LogP contribution in [0.4, 0.5) is 0 Å². The molecule has 44 heavy (non-hydrogen) atoms. The highest BCUT2D eigenvalue weighted by molar-refractivity contribution is 6.74. The molecule has 6 rings (SSSR count). The normalized spacial score (nSPS) is 43.8. The van der Waals surface area contributed by atoms with Crippen LogP contribution in [0.2, 0.25) is 18.1 Å². The van der Waals surface area contributed by atoms with Crippen LogP contribution in [0.15, 0.2) is 23.3 Å². The Labute approximate surface area is 265 Å². The van der Waals surface area contributed by atoms with Crippen molar-refractivity contribution in [3.63, 3.8) is 0 Å². The van der Waals surface area contributed by atoms with E-state index in [1.165, 1.54) is 6.92 Å². The van der Waals surface area contributed by atoms with Crippen LogP contribution < -0.4 is 0 Å². The first-order valence-corrected chi connectivity index (χ1v) is 19.9. The van der Waals surface area contributed by atoms with Crippen molar-refractivity contribution >= 4 is 26.0 Å². The van der Waals surface area contributed by atoms with E-state index in [1.54, 1.807) is 12.2 Å². The Morgan fingerprint density at radius 2 is 1.84 bits per heavy atom. The van der Waals surface area contributed by atoms with Gasteiger partial charge in [-0.3, -0.25) is 9.59 Å². The molecule has 0 amide bonds. The number of carbonyl (C=O) groups is 3. The third-order valence-electron chi connectivity index (χ3n) is 14.1. The van der Waals surface area contributed by atoms with E-state index >= 15 is 0 Å². The number of ketones is 1. The SMILES string of the molecule is CC(=O)O[C@@H]1C=CC(=O)[C@]2(C)C3CC[C@@]4(C)C(CCC4[C@H](C)C4CC(C)=C(CO[Si](C)(C)C(C)(C)C)C(=O)O4)C3C[C@H]3O[C@]132. The van der Waals surface area contributed by atoms with Crippen LogP contribution in [-0.4, -0.2) is 56.6 Å². The van der Waals surface area contributed by atoms with Crippen molar-refractivity contribution in [2.24, 2.45) is 40.4 Å². The maximum Gasteiger partial charge on any atom is 0.336 e. The summed E-state index contributed by atoms with van der Waals surface area (Å²) < 4.78 is 24.8. The van der Waals surface area contributed by atoms with E-state index < -0.39 is 25.4 Å². The second-order valence-corrected chi connectivity index (χ2v) is 21.8. The molecule has 2 aliphatic heterocycles. The Balaban J connectivity index is 1.18. The van der Waals surface area contributed by atoms with Crippen molar-refractivity contribution in [2.45, 2.75) is 136 Å². The number of fused-ring (bicyclic) bond motifs is 4. The summed E-state index contributed by atoms with van der Waals surface area (Å²) in [6, 6.07) is 0. The lowest BCUT2D eigenvalue weighted by atomic mass is 9.44. The van der Waals surface area contributed by atoms with Gasteiger partial charge in [-0.25, -0.2) is 4.79 Å². The third kappa shape index (κ3) is 4.50. The van der Waals surface area contributed by atoms with Gasteiger partial charge in [0, 0.05) is 13.3 Å². The molecule has 3 saturated carbocycles. The van der Waals surface area contributed by atoms with Crippen molar-refractivity contribution in [2.75, 3.05) is 6.61 Å². The second-order valence-electron chi connectivity index (χ2n) is 17.0. The molecule has 8 heteroatoms. The molecule has 0 radical (unpaired) electrons. The van der Waals surface area contributed by atoms with Crippen molar-refractivity contribution in [1.29, 1.82) is 0 Å². The summed E-state index contributed by atoms with van der Waals surface area (Å²) in [5.41, 5.74) is 0.510. The molecule has 2 heterocycles. The van der Waals surface area contributed by atoms with Crippen LogP contribution in [0.25, 0.3) is 0 Å². The lowest BCUT2D eigenvalue weighted by Gasteiger charge is -2.58. The van der Waals surface area contributed by atoms with Gasteiger partial charge in [-0.15, -0.1) is 0 Å². The number of hydrogen-bond acceptors (Lipinski definition) is 7. The molecule has 0 aromatic heterocycles. The molecular weight excluding hydrogens is 572 g/mol. The lowest BCUT2D eigenvalue weighted by Crippen LogP contribution is -2.64. The maximum absolute atomic E-state index is 13.7. The molecule has 4 fully saturated rings. The first-order chi connectivity index (χ1) is 20.4. The van der Waals surface area contributed by atoms with Gasteiger partial charge in [-0.1, -0.05) is 40.2 Å². The van der Waals surface area contributed by atoms with Gasteiger partial charge in [0.05, 0.1) is 23.7 Å². The number of hydrogen-bond donors (Lipinski definition) is 0. The minimum Gasteiger partial charge on any atom is -0.458 e. The van der Waals surface area contributed by atoms with Gasteiger partial charge in [0.1, 0.15) is 11.7 Å². The molecule has 0 aromatic rings. The van der Waals surface area contributed by atoms with Crippen molar-refractivity contribution in [3.8, 4) is 0 Å². The number of epoxide rings is 1. The zero-order valence-corrected chi connectivity index (χ0v) is 29.6. The summed E-state index contributed by atoms with van der Waals surface area (Å²) >= 11 is 0.